The van der Waals surface area contributed by atoms with Crippen LogP contribution < -0.4 is 0 Å². The summed E-state index contributed by atoms with van der Waals surface area (Å²) in [6.45, 7) is 0.587. The van der Waals surface area contributed by atoms with Crippen molar-refractivity contribution in [3.8, 4) is 22.5 Å². The molecule has 2 aromatic heterocycles. The van der Waals surface area contributed by atoms with Gasteiger partial charge in [-0.25, -0.2) is 4.68 Å². The standard InChI is InChI=1S/C19H16N4/c1-3-8-16(9-4-1)18-14-19(17-10-5-2-6-11-17)23(21-18)15-22-13-7-12-20-22/h1-14H,15H2. The van der Waals surface area contributed by atoms with Crippen LogP contribution in [-0.4, -0.2) is 19.6 Å². The normalized spacial score (nSPS) is 10.8. The minimum absolute atomic E-state index is 0.587. The molecule has 4 aromatic rings. The first-order valence-corrected chi connectivity index (χ1v) is 7.56. The van der Waals surface area contributed by atoms with E-state index in [-0.39, 0.29) is 0 Å². The highest BCUT2D eigenvalue weighted by Crippen LogP contribution is 2.26. The monoisotopic (exact) mass is 300 g/mol. The van der Waals surface area contributed by atoms with Gasteiger partial charge in [0.1, 0.15) is 6.67 Å². The first-order valence-electron chi connectivity index (χ1n) is 7.56. The highest BCUT2D eigenvalue weighted by molar-refractivity contribution is 5.68. The molecule has 0 aliphatic carbocycles. The molecular formula is C19H16N4. The second kappa shape index (κ2) is 5.93. The van der Waals surface area contributed by atoms with Crippen molar-refractivity contribution >= 4 is 0 Å². The van der Waals surface area contributed by atoms with Gasteiger partial charge in [0.25, 0.3) is 0 Å². The lowest BCUT2D eigenvalue weighted by Crippen LogP contribution is -2.11. The fourth-order valence-corrected chi connectivity index (χ4v) is 2.64. The molecule has 0 amide bonds. The molecule has 112 valence electrons. The predicted molar refractivity (Wildman–Crippen MR) is 90.7 cm³/mol. The first kappa shape index (κ1) is 13.5. The van der Waals surface area contributed by atoms with E-state index in [1.54, 1.807) is 6.20 Å². The number of rotatable bonds is 4. The van der Waals surface area contributed by atoms with Crippen molar-refractivity contribution in [3.05, 3.63) is 85.2 Å². The first-order chi connectivity index (χ1) is 11.4. The van der Waals surface area contributed by atoms with E-state index in [9.17, 15) is 0 Å². The molecule has 23 heavy (non-hydrogen) atoms. The van der Waals surface area contributed by atoms with Gasteiger partial charge in [0, 0.05) is 18.0 Å². The van der Waals surface area contributed by atoms with Gasteiger partial charge in [-0.15, -0.1) is 0 Å². The molecule has 2 aromatic carbocycles. The summed E-state index contributed by atoms with van der Waals surface area (Å²) >= 11 is 0. The second-order valence-corrected chi connectivity index (χ2v) is 5.33. The topological polar surface area (TPSA) is 35.6 Å². The van der Waals surface area contributed by atoms with Gasteiger partial charge in [-0.1, -0.05) is 60.7 Å². The van der Waals surface area contributed by atoms with Crippen LogP contribution >= 0.6 is 0 Å². The van der Waals surface area contributed by atoms with Crippen LogP contribution in [0.1, 0.15) is 0 Å². The third-order valence-corrected chi connectivity index (χ3v) is 3.76. The summed E-state index contributed by atoms with van der Waals surface area (Å²) in [6, 6.07) is 24.6. The Bertz CT molecular complexity index is 878. The number of hydrogen-bond donors (Lipinski definition) is 0. The molecule has 0 aliphatic heterocycles. The maximum Gasteiger partial charge on any atom is 0.133 e. The maximum atomic E-state index is 4.79. The van der Waals surface area contributed by atoms with Gasteiger partial charge >= 0.3 is 0 Å². The molecule has 2 heterocycles. The van der Waals surface area contributed by atoms with Crippen molar-refractivity contribution in [1.29, 1.82) is 0 Å². The second-order valence-electron chi connectivity index (χ2n) is 5.33. The number of aromatic nitrogens is 4. The van der Waals surface area contributed by atoms with Crippen LogP contribution in [-0.2, 0) is 6.67 Å². The van der Waals surface area contributed by atoms with E-state index in [0.717, 1.165) is 22.5 Å². The molecule has 0 unspecified atom stereocenters. The van der Waals surface area contributed by atoms with Crippen molar-refractivity contribution in [2.75, 3.05) is 0 Å². The quantitative estimate of drug-likeness (QED) is 0.572. The Morgan fingerprint density at radius 1 is 0.783 bits per heavy atom. The largest absolute Gasteiger partial charge is 0.251 e. The average molecular weight is 300 g/mol. The fourth-order valence-electron chi connectivity index (χ4n) is 2.64. The van der Waals surface area contributed by atoms with Crippen LogP contribution in [0.5, 0.6) is 0 Å². The molecule has 0 saturated heterocycles. The third-order valence-electron chi connectivity index (χ3n) is 3.76. The summed E-state index contributed by atoms with van der Waals surface area (Å²) in [6.07, 6.45) is 3.72. The molecule has 4 rings (SSSR count). The van der Waals surface area contributed by atoms with Crippen molar-refractivity contribution < 1.29 is 0 Å². The Kier molecular flexibility index (Phi) is 3.48. The van der Waals surface area contributed by atoms with E-state index in [4.69, 9.17) is 5.10 Å². The van der Waals surface area contributed by atoms with Gasteiger partial charge in [0.15, 0.2) is 0 Å². The van der Waals surface area contributed by atoms with E-state index in [1.165, 1.54) is 0 Å². The summed E-state index contributed by atoms with van der Waals surface area (Å²) in [5.41, 5.74) is 4.31. The maximum absolute atomic E-state index is 4.79. The summed E-state index contributed by atoms with van der Waals surface area (Å²) in [7, 11) is 0. The molecule has 0 atom stereocenters. The van der Waals surface area contributed by atoms with Crippen LogP contribution in [0, 0.1) is 0 Å². The molecule has 4 heteroatoms. The summed E-state index contributed by atoms with van der Waals surface area (Å²) in [5, 5.41) is 9.07. The lowest BCUT2D eigenvalue weighted by molar-refractivity contribution is 0.508. The predicted octanol–water partition coefficient (Wildman–Crippen LogP) is 3.92. The van der Waals surface area contributed by atoms with Crippen molar-refractivity contribution in [2.24, 2.45) is 0 Å². The third kappa shape index (κ3) is 2.79. The Balaban J connectivity index is 1.80. The molecule has 0 radical (unpaired) electrons. The highest BCUT2D eigenvalue weighted by Gasteiger charge is 2.11. The summed E-state index contributed by atoms with van der Waals surface area (Å²) in [5.74, 6) is 0. The van der Waals surface area contributed by atoms with Gasteiger partial charge < -0.3 is 0 Å². The molecule has 0 saturated carbocycles. The van der Waals surface area contributed by atoms with Gasteiger partial charge in [-0.3, -0.25) is 4.68 Å². The molecule has 4 nitrogen and oxygen atoms in total. The Hall–Kier alpha value is -3.14. The van der Waals surface area contributed by atoms with Crippen LogP contribution in [0.25, 0.3) is 22.5 Å². The van der Waals surface area contributed by atoms with Gasteiger partial charge in [-0.05, 0) is 17.7 Å². The molecule has 0 spiro atoms. The van der Waals surface area contributed by atoms with E-state index in [1.807, 2.05) is 58.0 Å². The smallest absolute Gasteiger partial charge is 0.133 e. The molecule has 0 bridgehead atoms. The van der Waals surface area contributed by atoms with E-state index < -0.39 is 0 Å². The summed E-state index contributed by atoms with van der Waals surface area (Å²) < 4.78 is 3.86. The molecule has 0 aliphatic rings. The Morgan fingerprint density at radius 2 is 1.48 bits per heavy atom. The van der Waals surface area contributed by atoms with Gasteiger partial charge in [0.05, 0.1) is 11.4 Å². The Morgan fingerprint density at radius 3 is 2.13 bits per heavy atom. The lowest BCUT2D eigenvalue weighted by Gasteiger charge is -2.07. The highest BCUT2D eigenvalue weighted by atomic mass is 15.4. The zero-order valence-corrected chi connectivity index (χ0v) is 12.6. The number of nitrogens with zero attached hydrogens (tertiary/aromatic N) is 4. The van der Waals surface area contributed by atoms with Crippen LogP contribution in [0.15, 0.2) is 85.2 Å². The van der Waals surface area contributed by atoms with Crippen molar-refractivity contribution in [2.45, 2.75) is 6.67 Å². The van der Waals surface area contributed by atoms with E-state index in [0.29, 0.717) is 6.67 Å². The van der Waals surface area contributed by atoms with Crippen LogP contribution in [0.3, 0.4) is 0 Å². The van der Waals surface area contributed by atoms with Gasteiger partial charge in [0.2, 0.25) is 0 Å². The van der Waals surface area contributed by atoms with Gasteiger partial charge in [-0.2, -0.15) is 10.2 Å². The van der Waals surface area contributed by atoms with Crippen LogP contribution in [0.4, 0.5) is 0 Å². The fraction of sp³-hybridized carbons (Fsp3) is 0.0526. The average Bonchev–Trinajstić information content (AvgIpc) is 3.27. The summed E-state index contributed by atoms with van der Waals surface area (Å²) in [4.78, 5) is 0. The minimum Gasteiger partial charge on any atom is -0.251 e. The Labute approximate surface area is 134 Å². The van der Waals surface area contributed by atoms with E-state index >= 15 is 0 Å². The number of benzene rings is 2. The van der Waals surface area contributed by atoms with E-state index in [2.05, 4.69) is 35.4 Å². The van der Waals surface area contributed by atoms with Crippen molar-refractivity contribution in [1.82, 2.24) is 19.6 Å². The molecular weight excluding hydrogens is 284 g/mol. The van der Waals surface area contributed by atoms with Crippen molar-refractivity contribution in [3.63, 3.8) is 0 Å². The zero-order valence-electron chi connectivity index (χ0n) is 12.6. The molecule has 0 fully saturated rings. The number of hydrogen-bond acceptors (Lipinski definition) is 2. The minimum atomic E-state index is 0.587. The lowest BCUT2D eigenvalue weighted by atomic mass is 10.1. The zero-order chi connectivity index (χ0) is 15.5. The molecule has 0 N–H and O–H groups in total. The van der Waals surface area contributed by atoms with Crippen LogP contribution in [0.2, 0.25) is 0 Å². The SMILES string of the molecule is c1ccc(-c2cc(-c3ccccc3)n(Cn3cccn3)n2)cc1.